The highest BCUT2D eigenvalue weighted by atomic mass is 35.5. The number of benzene rings is 1. The Hall–Kier alpha value is -0.570. The fourth-order valence-electron chi connectivity index (χ4n) is 4.49. The molecule has 0 aliphatic heterocycles. The van der Waals surface area contributed by atoms with E-state index >= 15 is 0 Å². The van der Waals surface area contributed by atoms with Gasteiger partial charge in [0.1, 0.15) is 6.54 Å². The van der Waals surface area contributed by atoms with E-state index in [0.29, 0.717) is 0 Å². The van der Waals surface area contributed by atoms with Crippen molar-refractivity contribution in [1.29, 1.82) is 0 Å². The van der Waals surface area contributed by atoms with Gasteiger partial charge in [0.05, 0.1) is 27.2 Å². The van der Waals surface area contributed by atoms with E-state index in [1.54, 1.807) is 0 Å². The van der Waals surface area contributed by atoms with Crippen molar-refractivity contribution in [2.75, 3.05) is 20.6 Å². The van der Waals surface area contributed by atoms with Gasteiger partial charge in [-0.2, -0.15) is 0 Å². The minimum atomic E-state index is 0. The van der Waals surface area contributed by atoms with Crippen molar-refractivity contribution in [3.63, 3.8) is 0 Å². The molecule has 0 bridgehead atoms. The fourth-order valence-corrected chi connectivity index (χ4v) is 4.49. The van der Waals surface area contributed by atoms with E-state index in [2.05, 4.69) is 33.2 Å². The van der Waals surface area contributed by atoms with Crippen LogP contribution in [0.5, 0.6) is 0 Å². The largest absolute Gasteiger partial charge is 1.00 e. The standard InChI is InChI=1S/C28H52NO.ClH/c1-4-5-6-7-8-9-10-11-12-13-14-15-16-17-18-21-24-29(2,3)25-27-22-19-20-23-28(27)26-30;/h19-20,22-23,30H,4-18,21,24-26H2,1-3H3;1H/q+1;/p-1. The summed E-state index contributed by atoms with van der Waals surface area (Å²) in [5, 5.41) is 9.53. The van der Waals surface area contributed by atoms with Crippen LogP contribution >= 0.6 is 0 Å². The van der Waals surface area contributed by atoms with Crippen molar-refractivity contribution >= 4 is 0 Å². The molecule has 0 atom stereocenters. The van der Waals surface area contributed by atoms with Crippen LogP contribution in [0.4, 0.5) is 0 Å². The highest BCUT2D eigenvalue weighted by Gasteiger charge is 2.17. The summed E-state index contributed by atoms with van der Waals surface area (Å²) in [5.74, 6) is 0. The zero-order chi connectivity index (χ0) is 21.9. The number of unbranched alkanes of at least 4 members (excludes halogenated alkanes) is 15. The second kappa shape index (κ2) is 20.1. The Kier molecular flexibility index (Phi) is 19.7. The monoisotopic (exact) mass is 453 g/mol. The van der Waals surface area contributed by atoms with E-state index in [0.717, 1.165) is 16.6 Å². The molecular formula is C28H52ClNO. The van der Waals surface area contributed by atoms with Gasteiger partial charge in [0.15, 0.2) is 0 Å². The van der Waals surface area contributed by atoms with E-state index in [1.165, 1.54) is 115 Å². The zero-order valence-corrected chi connectivity index (χ0v) is 21.8. The Morgan fingerprint density at radius 1 is 0.613 bits per heavy atom. The van der Waals surface area contributed by atoms with Crippen LogP contribution in [0, 0.1) is 0 Å². The van der Waals surface area contributed by atoms with Crippen molar-refractivity contribution in [3.8, 4) is 0 Å². The molecule has 0 fully saturated rings. The van der Waals surface area contributed by atoms with Gasteiger partial charge in [-0.1, -0.05) is 121 Å². The Morgan fingerprint density at radius 3 is 1.42 bits per heavy atom. The van der Waals surface area contributed by atoms with Crippen molar-refractivity contribution in [3.05, 3.63) is 35.4 Å². The second-order valence-corrected chi connectivity index (χ2v) is 10.0. The molecule has 1 rings (SSSR count). The number of quaternary nitrogens is 1. The number of aliphatic hydroxyl groups excluding tert-OH is 1. The lowest BCUT2D eigenvalue weighted by Crippen LogP contribution is -3.00. The predicted octanol–water partition coefficient (Wildman–Crippen LogP) is 5.02. The molecule has 0 amide bonds. The number of aliphatic hydroxyl groups is 1. The normalized spacial score (nSPS) is 11.5. The lowest BCUT2D eigenvalue weighted by atomic mass is 10.0. The van der Waals surface area contributed by atoms with Crippen LogP contribution < -0.4 is 12.4 Å². The first-order valence-electron chi connectivity index (χ1n) is 13.1. The van der Waals surface area contributed by atoms with Gasteiger partial charge < -0.3 is 22.0 Å². The van der Waals surface area contributed by atoms with E-state index < -0.39 is 0 Å². The molecule has 31 heavy (non-hydrogen) atoms. The summed E-state index contributed by atoms with van der Waals surface area (Å²) in [5.41, 5.74) is 2.37. The molecule has 0 aliphatic rings. The number of rotatable bonds is 20. The Labute approximate surface area is 200 Å². The van der Waals surface area contributed by atoms with Crippen molar-refractivity contribution < 1.29 is 22.0 Å². The molecule has 0 aromatic heterocycles. The SMILES string of the molecule is CCCCCCCCCCCCCCCCCC[N+](C)(C)Cc1ccccc1CO.[Cl-]. The summed E-state index contributed by atoms with van der Waals surface area (Å²) in [6.45, 7) is 4.67. The van der Waals surface area contributed by atoms with E-state index in [-0.39, 0.29) is 19.0 Å². The van der Waals surface area contributed by atoms with E-state index in [1.807, 2.05) is 12.1 Å². The van der Waals surface area contributed by atoms with Crippen LogP contribution in [-0.2, 0) is 13.2 Å². The second-order valence-electron chi connectivity index (χ2n) is 10.0. The first-order valence-corrected chi connectivity index (χ1v) is 13.1. The highest BCUT2D eigenvalue weighted by Crippen LogP contribution is 2.17. The molecule has 2 nitrogen and oxygen atoms in total. The van der Waals surface area contributed by atoms with E-state index in [4.69, 9.17) is 0 Å². The molecule has 0 heterocycles. The molecule has 0 radical (unpaired) electrons. The third-order valence-electron chi connectivity index (χ3n) is 6.50. The van der Waals surface area contributed by atoms with Gasteiger partial charge >= 0.3 is 0 Å². The summed E-state index contributed by atoms with van der Waals surface area (Å²) in [4.78, 5) is 0. The molecule has 0 saturated carbocycles. The average Bonchev–Trinajstić information content (AvgIpc) is 2.73. The topological polar surface area (TPSA) is 20.2 Å². The Bertz CT molecular complexity index is 517. The predicted molar refractivity (Wildman–Crippen MR) is 133 cm³/mol. The molecular weight excluding hydrogens is 402 g/mol. The quantitative estimate of drug-likeness (QED) is 0.217. The van der Waals surface area contributed by atoms with Gasteiger partial charge in [0, 0.05) is 5.56 Å². The van der Waals surface area contributed by atoms with Gasteiger partial charge in [-0.25, -0.2) is 0 Å². The maximum absolute atomic E-state index is 9.53. The minimum absolute atomic E-state index is 0. The molecule has 1 N–H and O–H groups in total. The van der Waals surface area contributed by atoms with Crippen LogP contribution in [0.25, 0.3) is 0 Å². The van der Waals surface area contributed by atoms with E-state index in [9.17, 15) is 5.11 Å². The lowest BCUT2D eigenvalue weighted by molar-refractivity contribution is -0.903. The average molecular weight is 454 g/mol. The van der Waals surface area contributed by atoms with Gasteiger partial charge in [-0.05, 0) is 18.4 Å². The fraction of sp³-hybridized carbons (Fsp3) is 0.786. The lowest BCUT2D eigenvalue weighted by Gasteiger charge is -2.30. The summed E-state index contributed by atoms with van der Waals surface area (Å²) < 4.78 is 1.01. The summed E-state index contributed by atoms with van der Waals surface area (Å²) in [6.07, 6.45) is 22.8. The molecule has 0 aliphatic carbocycles. The number of hydrogen-bond acceptors (Lipinski definition) is 1. The third kappa shape index (κ3) is 16.7. The van der Waals surface area contributed by atoms with Crippen molar-refractivity contribution in [2.24, 2.45) is 0 Å². The number of hydrogen-bond donors (Lipinski definition) is 1. The minimum Gasteiger partial charge on any atom is -1.00 e. The summed E-state index contributed by atoms with van der Waals surface area (Å²) >= 11 is 0. The molecule has 182 valence electrons. The Morgan fingerprint density at radius 2 is 1.00 bits per heavy atom. The highest BCUT2D eigenvalue weighted by molar-refractivity contribution is 5.25. The number of nitrogens with zero attached hydrogens (tertiary/aromatic N) is 1. The molecule has 1 aromatic carbocycles. The van der Waals surface area contributed by atoms with Gasteiger partial charge in [-0.15, -0.1) is 0 Å². The van der Waals surface area contributed by atoms with Crippen LogP contribution in [0.15, 0.2) is 24.3 Å². The van der Waals surface area contributed by atoms with Gasteiger partial charge in [-0.3, -0.25) is 0 Å². The van der Waals surface area contributed by atoms with Crippen LogP contribution in [-0.4, -0.2) is 30.2 Å². The first kappa shape index (κ1) is 30.4. The van der Waals surface area contributed by atoms with Gasteiger partial charge in [0.2, 0.25) is 0 Å². The van der Waals surface area contributed by atoms with Crippen LogP contribution in [0.3, 0.4) is 0 Å². The smallest absolute Gasteiger partial charge is 0.104 e. The third-order valence-corrected chi connectivity index (χ3v) is 6.50. The molecule has 3 heteroatoms. The van der Waals surface area contributed by atoms with Gasteiger partial charge in [0.25, 0.3) is 0 Å². The molecule has 1 aromatic rings. The van der Waals surface area contributed by atoms with Crippen LogP contribution in [0.1, 0.15) is 121 Å². The maximum Gasteiger partial charge on any atom is 0.104 e. The number of halogens is 1. The molecule has 0 unspecified atom stereocenters. The maximum atomic E-state index is 9.53. The Balaban J connectivity index is 0.00000900. The first-order chi connectivity index (χ1) is 14.6. The molecule has 0 spiro atoms. The summed E-state index contributed by atoms with van der Waals surface area (Å²) in [7, 11) is 4.64. The van der Waals surface area contributed by atoms with Crippen LogP contribution in [0.2, 0.25) is 0 Å². The summed E-state index contributed by atoms with van der Waals surface area (Å²) in [6, 6.07) is 8.32. The molecule has 0 saturated heterocycles. The van der Waals surface area contributed by atoms with Crippen molar-refractivity contribution in [2.45, 2.75) is 123 Å². The zero-order valence-electron chi connectivity index (χ0n) is 21.0. The van der Waals surface area contributed by atoms with Crippen molar-refractivity contribution in [1.82, 2.24) is 0 Å².